The van der Waals surface area contributed by atoms with Crippen molar-refractivity contribution in [3.63, 3.8) is 0 Å². The van der Waals surface area contributed by atoms with E-state index in [1.807, 2.05) is 27.8 Å². The molecule has 0 spiro atoms. The van der Waals surface area contributed by atoms with Gasteiger partial charge in [-0.2, -0.15) is 4.98 Å². The number of nitrogens with zero attached hydrogens (tertiary/aromatic N) is 4. The minimum atomic E-state index is -1.48. The van der Waals surface area contributed by atoms with E-state index < -0.39 is 22.3 Å². The number of aryl methyl sites for hydroxylation is 1. The molecular weight excluding hydrogens is 561 g/mol. The van der Waals surface area contributed by atoms with Crippen molar-refractivity contribution in [2.45, 2.75) is 17.9 Å². The molecule has 6 nitrogen and oxygen atoms in total. The van der Waals surface area contributed by atoms with E-state index >= 15 is 0 Å². The zero-order valence-corrected chi connectivity index (χ0v) is 17.8. The number of hydrogen-bond acceptors (Lipinski definition) is 5. The fraction of sp³-hybridized carbons (Fsp3) is 0.429. The first kappa shape index (κ1) is 17.1. The topological polar surface area (TPSA) is 58.4 Å². The van der Waals surface area contributed by atoms with Crippen LogP contribution in [0.4, 0.5) is 10.2 Å². The number of hydrogen-bond donors (Lipinski definition) is 0. The predicted molar refractivity (Wildman–Crippen MR) is 108 cm³/mol. The Morgan fingerprint density at radius 3 is 2.88 bits per heavy atom. The van der Waals surface area contributed by atoms with Crippen LogP contribution in [-0.2, 0) is 10.8 Å². The lowest BCUT2D eigenvalue weighted by atomic mass is 10.1. The van der Waals surface area contributed by atoms with Gasteiger partial charge in [-0.3, -0.25) is 4.21 Å². The third-order valence-electron chi connectivity index (χ3n) is 4.46. The van der Waals surface area contributed by atoms with Gasteiger partial charge in [-0.1, -0.05) is 0 Å². The highest BCUT2D eigenvalue weighted by Gasteiger charge is 2.36. The maximum atomic E-state index is 14.8. The third kappa shape index (κ3) is 2.51. The molecule has 2 unspecified atom stereocenters. The summed E-state index contributed by atoms with van der Waals surface area (Å²) in [5.74, 6) is 0.350. The fourth-order valence-corrected chi connectivity index (χ4v) is 6.07. The summed E-state index contributed by atoms with van der Waals surface area (Å²) in [7, 11) is -1.48. The van der Waals surface area contributed by atoms with Crippen molar-refractivity contribution < 1.29 is 8.60 Å². The SMILES string of the molecule is Cc1cc2c3c(nc(=O)n2I)N2CCN(I)CC2CS(=O)c3c1F. The van der Waals surface area contributed by atoms with Crippen LogP contribution in [0.1, 0.15) is 5.56 Å². The number of aromatic nitrogens is 2. The number of piperazine rings is 1. The minimum Gasteiger partial charge on any atom is -0.349 e. The van der Waals surface area contributed by atoms with Gasteiger partial charge in [-0.25, -0.2) is 15.1 Å². The summed E-state index contributed by atoms with van der Waals surface area (Å²) in [4.78, 5) is 18.7. The van der Waals surface area contributed by atoms with E-state index in [0.717, 1.165) is 6.54 Å². The average molecular weight is 574 g/mol. The maximum Gasteiger partial charge on any atom is 0.359 e. The second-order valence-electron chi connectivity index (χ2n) is 5.96. The normalized spacial score (nSPS) is 24.1. The Bertz CT molecular complexity index is 951. The van der Waals surface area contributed by atoms with Gasteiger partial charge in [0.15, 0.2) is 0 Å². The molecule has 2 atom stereocenters. The summed E-state index contributed by atoms with van der Waals surface area (Å²) in [6.45, 7) is 3.82. The number of rotatable bonds is 0. The summed E-state index contributed by atoms with van der Waals surface area (Å²) < 4.78 is 31.3. The van der Waals surface area contributed by atoms with Gasteiger partial charge in [-0.05, 0) is 18.6 Å². The standard InChI is InChI=1S/C14H13FI2N4O2S/c1-7-4-9-10-12(11(7)15)24(23)6-8-5-19(16)2-3-20(8)13(10)18-14(22)21(9)17/h4,8H,2-3,5-6H2,1H3. The molecule has 0 N–H and O–H groups in total. The molecule has 1 saturated heterocycles. The molecule has 0 bridgehead atoms. The molecule has 4 rings (SSSR count). The van der Waals surface area contributed by atoms with E-state index in [0.29, 0.717) is 41.1 Å². The van der Waals surface area contributed by atoms with Crippen LogP contribution in [0.3, 0.4) is 0 Å². The molecule has 2 aliphatic heterocycles. The molecule has 0 radical (unpaired) electrons. The first-order valence-corrected chi connectivity index (χ1v) is 10.6. The van der Waals surface area contributed by atoms with Crippen molar-refractivity contribution in [1.82, 2.24) is 10.9 Å². The Morgan fingerprint density at radius 2 is 2.12 bits per heavy atom. The zero-order valence-electron chi connectivity index (χ0n) is 12.6. The Labute approximate surface area is 167 Å². The lowest BCUT2D eigenvalue weighted by Gasteiger charge is -2.38. The summed E-state index contributed by atoms with van der Waals surface area (Å²) in [5.41, 5.74) is 0.576. The van der Waals surface area contributed by atoms with Crippen molar-refractivity contribution in [2.75, 3.05) is 30.3 Å². The van der Waals surface area contributed by atoms with E-state index in [1.165, 1.54) is 2.78 Å². The Hall–Kier alpha value is -0.340. The molecule has 2 aromatic rings. The van der Waals surface area contributed by atoms with Crippen LogP contribution in [0.5, 0.6) is 0 Å². The summed E-state index contributed by atoms with van der Waals surface area (Å²) in [6, 6.07) is 1.59. The molecule has 1 fully saturated rings. The Kier molecular flexibility index (Phi) is 4.36. The largest absolute Gasteiger partial charge is 0.359 e. The minimum absolute atomic E-state index is 0.0521. The number of anilines is 1. The molecule has 0 amide bonds. The van der Waals surface area contributed by atoms with E-state index in [9.17, 15) is 13.4 Å². The van der Waals surface area contributed by atoms with Crippen LogP contribution in [0.2, 0.25) is 0 Å². The summed E-state index contributed by atoms with van der Waals surface area (Å²) >= 11 is 4.11. The van der Waals surface area contributed by atoms with Gasteiger partial charge in [-0.15, -0.1) is 0 Å². The van der Waals surface area contributed by atoms with Crippen LogP contribution < -0.4 is 10.6 Å². The average Bonchev–Trinajstić information content (AvgIpc) is 2.64. The van der Waals surface area contributed by atoms with Crippen LogP contribution in [0.15, 0.2) is 15.8 Å². The van der Waals surface area contributed by atoms with E-state index in [2.05, 4.69) is 31.0 Å². The molecule has 10 heteroatoms. The third-order valence-corrected chi connectivity index (χ3v) is 7.80. The highest BCUT2D eigenvalue weighted by atomic mass is 127. The summed E-state index contributed by atoms with van der Waals surface area (Å²) in [5, 5.41) is 0.509. The second kappa shape index (κ2) is 6.13. The van der Waals surface area contributed by atoms with Crippen molar-refractivity contribution in [1.29, 1.82) is 0 Å². The molecule has 1 aromatic carbocycles. The molecule has 1 aromatic heterocycles. The van der Waals surface area contributed by atoms with E-state index in [4.69, 9.17) is 0 Å². The second-order valence-corrected chi connectivity index (χ2v) is 9.72. The van der Waals surface area contributed by atoms with Crippen molar-refractivity contribution >= 4 is 73.2 Å². The van der Waals surface area contributed by atoms with Crippen molar-refractivity contribution in [2.24, 2.45) is 0 Å². The quantitative estimate of drug-likeness (QED) is 0.356. The first-order chi connectivity index (χ1) is 11.4. The summed E-state index contributed by atoms with van der Waals surface area (Å²) in [6.07, 6.45) is 0. The van der Waals surface area contributed by atoms with Crippen molar-refractivity contribution in [3.8, 4) is 0 Å². The van der Waals surface area contributed by atoms with Crippen LogP contribution in [0, 0.1) is 12.7 Å². The molecule has 0 aliphatic carbocycles. The van der Waals surface area contributed by atoms with Gasteiger partial charge in [0.05, 0.1) is 61.3 Å². The molecular formula is C14H13FI2N4O2S. The van der Waals surface area contributed by atoms with Gasteiger partial charge in [0.1, 0.15) is 11.6 Å². The number of fused-ring (bicyclic) bond motifs is 2. The molecule has 24 heavy (non-hydrogen) atoms. The van der Waals surface area contributed by atoms with E-state index in [1.54, 1.807) is 13.0 Å². The van der Waals surface area contributed by atoms with Gasteiger partial charge >= 0.3 is 5.69 Å². The Balaban J connectivity index is 2.12. The molecule has 128 valence electrons. The van der Waals surface area contributed by atoms with Gasteiger partial charge in [0.2, 0.25) is 0 Å². The monoisotopic (exact) mass is 574 g/mol. The highest BCUT2D eigenvalue weighted by molar-refractivity contribution is 14.1. The molecule has 0 saturated carbocycles. The predicted octanol–water partition coefficient (Wildman–Crippen LogP) is 2.00. The fourth-order valence-electron chi connectivity index (χ4n) is 3.33. The van der Waals surface area contributed by atoms with Gasteiger partial charge < -0.3 is 4.90 Å². The molecule has 2 aliphatic rings. The van der Waals surface area contributed by atoms with Gasteiger partial charge in [0, 0.05) is 42.5 Å². The highest BCUT2D eigenvalue weighted by Crippen LogP contribution is 2.38. The molecule has 3 heterocycles. The van der Waals surface area contributed by atoms with Crippen molar-refractivity contribution in [3.05, 3.63) is 27.9 Å². The van der Waals surface area contributed by atoms with E-state index in [-0.39, 0.29) is 10.9 Å². The smallest absolute Gasteiger partial charge is 0.349 e. The van der Waals surface area contributed by atoms with Gasteiger partial charge in [0.25, 0.3) is 0 Å². The maximum absolute atomic E-state index is 14.8. The number of benzene rings is 1. The first-order valence-electron chi connectivity index (χ1n) is 7.36. The number of halogens is 3. The van der Waals surface area contributed by atoms with Crippen LogP contribution in [0.25, 0.3) is 10.9 Å². The lowest BCUT2D eigenvalue weighted by molar-refractivity contribution is 0.400. The Morgan fingerprint density at radius 1 is 1.38 bits per heavy atom. The lowest BCUT2D eigenvalue weighted by Crippen LogP contribution is -2.52. The zero-order chi connectivity index (χ0) is 17.2. The van der Waals surface area contributed by atoms with Crippen LogP contribution in [-0.4, -0.2) is 46.5 Å². The van der Waals surface area contributed by atoms with Crippen LogP contribution >= 0.6 is 45.7 Å².